The van der Waals surface area contributed by atoms with Crippen molar-refractivity contribution in [2.24, 2.45) is 0 Å². The average molecular weight is 348 g/mol. The molecule has 0 fully saturated rings. The predicted octanol–water partition coefficient (Wildman–Crippen LogP) is 4.77. The molecule has 0 saturated heterocycles. The fraction of sp³-hybridized carbons (Fsp3) is 0.0909. The summed E-state index contributed by atoms with van der Waals surface area (Å²) in [4.78, 5) is 24.3. The third-order valence-corrected chi connectivity index (χ3v) is 3.95. The van der Waals surface area contributed by atoms with Crippen molar-refractivity contribution in [3.8, 4) is 5.75 Å². The zero-order chi connectivity index (χ0) is 18.5. The molecule has 0 heterocycles. The smallest absolute Gasteiger partial charge is 0.193 e. The van der Waals surface area contributed by atoms with Crippen molar-refractivity contribution >= 4 is 11.6 Å². The Balaban J connectivity index is 1.77. The van der Waals surface area contributed by atoms with Gasteiger partial charge in [-0.1, -0.05) is 30.3 Å². The molecule has 4 heteroatoms. The maximum Gasteiger partial charge on any atom is 0.193 e. The molecule has 3 aromatic rings. The van der Waals surface area contributed by atoms with E-state index in [1.165, 1.54) is 31.2 Å². The second kappa shape index (κ2) is 7.74. The maximum atomic E-state index is 13.0. The van der Waals surface area contributed by atoms with E-state index in [9.17, 15) is 14.0 Å². The number of benzene rings is 3. The number of carbonyl (C=O) groups excluding carboxylic acids is 2. The van der Waals surface area contributed by atoms with Crippen LogP contribution < -0.4 is 4.74 Å². The quantitative estimate of drug-likeness (QED) is 0.603. The molecule has 0 saturated carbocycles. The van der Waals surface area contributed by atoms with Crippen molar-refractivity contribution in [1.82, 2.24) is 0 Å². The summed E-state index contributed by atoms with van der Waals surface area (Å²) in [7, 11) is 0. The molecule has 0 unspecified atom stereocenters. The zero-order valence-corrected chi connectivity index (χ0v) is 14.2. The van der Waals surface area contributed by atoms with E-state index >= 15 is 0 Å². The van der Waals surface area contributed by atoms with Gasteiger partial charge in [0.25, 0.3) is 0 Å². The minimum Gasteiger partial charge on any atom is -0.478 e. The topological polar surface area (TPSA) is 43.4 Å². The summed E-state index contributed by atoms with van der Waals surface area (Å²) in [6.07, 6.45) is -0.699. The van der Waals surface area contributed by atoms with E-state index in [4.69, 9.17) is 4.74 Å². The lowest BCUT2D eigenvalue weighted by Gasteiger charge is -2.17. The van der Waals surface area contributed by atoms with E-state index in [2.05, 4.69) is 0 Å². The number of carbonyl (C=O) groups is 2. The standard InChI is InChI=1S/C22H17FO3/c1-15(24)22(18-5-3-2-4-6-18)26-20-13-9-17(10-14-20)21(25)16-7-11-19(23)12-8-16/h2-14,22H,1H3/t22-/m1/s1. The third-order valence-electron chi connectivity index (χ3n) is 3.95. The summed E-state index contributed by atoms with van der Waals surface area (Å²) in [6.45, 7) is 1.48. The van der Waals surface area contributed by atoms with Crippen LogP contribution in [0.4, 0.5) is 4.39 Å². The second-order valence-electron chi connectivity index (χ2n) is 5.88. The Kier molecular flexibility index (Phi) is 5.23. The fourth-order valence-corrected chi connectivity index (χ4v) is 2.60. The molecule has 1 atom stereocenters. The summed E-state index contributed by atoms with van der Waals surface area (Å²) in [6, 6.07) is 21.2. The highest BCUT2D eigenvalue weighted by Gasteiger charge is 2.18. The highest BCUT2D eigenvalue weighted by atomic mass is 19.1. The Bertz CT molecular complexity index is 900. The average Bonchev–Trinajstić information content (AvgIpc) is 2.67. The van der Waals surface area contributed by atoms with E-state index in [1.807, 2.05) is 30.3 Å². The Morgan fingerprint density at radius 2 is 1.35 bits per heavy atom. The lowest BCUT2D eigenvalue weighted by Crippen LogP contribution is -2.16. The zero-order valence-electron chi connectivity index (χ0n) is 14.2. The lowest BCUT2D eigenvalue weighted by atomic mass is 10.0. The van der Waals surface area contributed by atoms with Crippen LogP contribution in [0.2, 0.25) is 0 Å². The van der Waals surface area contributed by atoms with E-state index in [0.29, 0.717) is 16.9 Å². The van der Waals surface area contributed by atoms with Gasteiger partial charge in [-0.05, 0) is 61.0 Å². The highest BCUT2D eigenvalue weighted by Crippen LogP contribution is 2.24. The molecule has 130 valence electrons. The van der Waals surface area contributed by atoms with Crippen molar-refractivity contribution in [3.63, 3.8) is 0 Å². The number of ketones is 2. The van der Waals surface area contributed by atoms with E-state index in [-0.39, 0.29) is 17.4 Å². The van der Waals surface area contributed by atoms with E-state index < -0.39 is 6.10 Å². The molecule has 3 rings (SSSR count). The van der Waals surface area contributed by atoms with Gasteiger partial charge in [0.1, 0.15) is 11.6 Å². The number of ether oxygens (including phenoxy) is 1. The van der Waals surface area contributed by atoms with Crippen LogP contribution in [0, 0.1) is 5.82 Å². The Labute approximate surface area is 151 Å². The van der Waals surface area contributed by atoms with Gasteiger partial charge in [-0.3, -0.25) is 9.59 Å². The van der Waals surface area contributed by atoms with Gasteiger partial charge in [0.15, 0.2) is 17.7 Å². The molecular formula is C22H17FO3. The number of Topliss-reactive ketones (excluding diaryl/α,β-unsaturated/α-hetero) is 1. The van der Waals surface area contributed by atoms with Crippen molar-refractivity contribution in [3.05, 3.63) is 101 Å². The van der Waals surface area contributed by atoms with Gasteiger partial charge < -0.3 is 4.74 Å². The molecule has 0 radical (unpaired) electrons. The SMILES string of the molecule is CC(=O)[C@@H](Oc1ccc(C(=O)c2ccc(F)cc2)cc1)c1ccccc1. The Hall–Kier alpha value is -3.27. The predicted molar refractivity (Wildman–Crippen MR) is 96.8 cm³/mol. The first-order chi connectivity index (χ1) is 12.5. The number of halogens is 1. The monoisotopic (exact) mass is 348 g/mol. The van der Waals surface area contributed by atoms with Crippen molar-refractivity contribution in [2.45, 2.75) is 13.0 Å². The van der Waals surface area contributed by atoms with Crippen LogP contribution in [-0.2, 0) is 4.79 Å². The first-order valence-corrected chi connectivity index (χ1v) is 8.17. The van der Waals surface area contributed by atoms with E-state index in [1.54, 1.807) is 24.3 Å². The summed E-state index contributed by atoms with van der Waals surface area (Å²) in [5.74, 6) is -0.211. The van der Waals surface area contributed by atoms with Gasteiger partial charge >= 0.3 is 0 Å². The summed E-state index contributed by atoms with van der Waals surface area (Å²) < 4.78 is 18.8. The minimum absolute atomic E-state index is 0.109. The van der Waals surface area contributed by atoms with Crippen LogP contribution in [0.1, 0.15) is 34.5 Å². The molecule has 0 spiro atoms. The molecule has 0 bridgehead atoms. The summed E-state index contributed by atoms with van der Waals surface area (Å²) in [5.41, 5.74) is 1.64. The Morgan fingerprint density at radius 1 is 0.808 bits per heavy atom. The molecule has 0 amide bonds. The third kappa shape index (κ3) is 4.03. The van der Waals surface area contributed by atoms with Crippen molar-refractivity contribution < 1.29 is 18.7 Å². The van der Waals surface area contributed by atoms with Gasteiger partial charge in [-0.15, -0.1) is 0 Å². The first-order valence-electron chi connectivity index (χ1n) is 8.17. The molecule has 0 aliphatic rings. The molecule has 3 nitrogen and oxygen atoms in total. The summed E-state index contributed by atoms with van der Waals surface area (Å²) >= 11 is 0. The van der Waals surface area contributed by atoms with Gasteiger partial charge in [0.2, 0.25) is 0 Å². The van der Waals surface area contributed by atoms with Crippen LogP contribution in [-0.4, -0.2) is 11.6 Å². The molecule has 3 aromatic carbocycles. The van der Waals surface area contributed by atoms with Gasteiger partial charge in [-0.25, -0.2) is 4.39 Å². The Morgan fingerprint density at radius 3 is 1.88 bits per heavy atom. The number of hydrogen-bond donors (Lipinski definition) is 0. The lowest BCUT2D eigenvalue weighted by molar-refractivity contribution is -0.123. The maximum absolute atomic E-state index is 13.0. The molecular weight excluding hydrogens is 331 g/mol. The molecule has 0 N–H and O–H groups in total. The molecule has 0 aromatic heterocycles. The van der Waals surface area contributed by atoms with Crippen LogP contribution in [0.5, 0.6) is 5.75 Å². The summed E-state index contributed by atoms with van der Waals surface area (Å²) in [5, 5.41) is 0. The van der Waals surface area contributed by atoms with Crippen molar-refractivity contribution in [2.75, 3.05) is 0 Å². The molecule has 26 heavy (non-hydrogen) atoms. The van der Waals surface area contributed by atoms with Crippen LogP contribution >= 0.6 is 0 Å². The van der Waals surface area contributed by atoms with Gasteiger partial charge in [-0.2, -0.15) is 0 Å². The highest BCUT2D eigenvalue weighted by molar-refractivity contribution is 6.09. The van der Waals surface area contributed by atoms with Crippen LogP contribution in [0.25, 0.3) is 0 Å². The number of rotatable bonds is 6. The van der Waals surface area contributed by atoms with E-state index in [0.717, 1.165) is 5.56 Å². The van der Waals surface area contributed by atoms with Crippen molar-refractivity contribution in [1.29, 1.82) is 0 Å². The van der Waals surface area contributed by atoms with Crippen LogP contribution in [0.15, 0.2) is 78.9 Å². The van der Waals surface area contributed by atoms with Gasteiger partial charge in [0.05, 0.1) is 0 Å². The molecule has 0 aliphatic carbocycles. The first kappa shape index (κ1) is 17.5. The normalized spacial score (nSPS) is 11.6. The number of hydrogen-bond acceptors (Lipinski definition) is 3. The molecule has 0 aliphatic heterocycles. The largest absolute Gasteiger partial charge is 0.478 e. The minimum atomic E-state index is -0.699. The fourth-order valence-electron chi connectivity index (χ4n) is 2.60. The van der Waals surface area contributed by atoms with Gasteiger partial charge in [0, 0.05) is 11.1 Å². The van der Waals surface area contributed by atoms with Crippen LogP contribution in [0.3, 0.4) is 0 Å². The second-order valence-corrected chi connectivity index (χ2v) is 5.88.